The maximum Gasteiger partial charge on any atom is 0.287 e. The van der Waals surface area contributed by atoms with E-state index in [4.69, 9.17) is 4.42 Å². The predicted octanol–water partition coefficient (Wildman–Crippen LogP) is 2.81. The molecule has 148 valence electrons. The largest absolute Gasteiger partial charge is 0.445 e. The summed E-state index contributed by atoms with van der Waals surface area (Å²) in [5.74, 6) is -0.486. The molecule has 1 aromatic carbocycles. The number of furan rings is 1. The molecular weight excluding hydrogens is 372 g/mol. The second-order valence-electron chi connectivity index (χ2n) is 7.25. The number of aromatic nitrogens is 4. The van der Waals surface area contributed by atoms with Gasteiger partial charge in [-0.05, 0) is 19.4 Å². The number of amides is 2. The molecule has 0 saturated heterocycles. The van der Waals surface area contributed by atoms with Crippen molar-refractivity contribution in [3.8, 4) is 0 Å². The Balaban J connectivity index is 1.54. The van der Waals surface area contributed by atoms with Gasteiger partial charge < -0.3 is 19.6 Å². The normalized spacial score (nSPS) is 11.6. The van der Waals surface area contributed by atoms with Gasteiger partial charge in [0.1, 0.15) is 11.2 Å². The number of anilines is 1. The first kappa shape index (κ1) is 18.5. The highest BCUT2D eigenvalue weighted by Crippen LogP contribution is 2.26. The van der Waals surface area contributed by atoms with Crippen LogP contribution in [-0.2, 0) is 12.6 Å². The van der Waals surface area contributed by atoms with Gasteiger partial charge in [0, 0.05) is 19.3 Å². The fourth-order valence-corrected chi connectivity index (χ4v) is 2.99. The van der Waals surface area contributed by atoms with Crippen LogP contribution < -0.4 is 10.6 Å². The molecule has 2 amide bonds. The summed E-state index contributed by atoms with van der Waals surface area (Å²) < 4.78 is 7.34. The standard InChI is InChI=1S/C20H20N6O3/c1-20(2,12-7-5-4-6-8-12)23-19(28)15-9-13-16(29-15)17(25-24-13)22-18(27)14-10-26(3)11-21-14/h4-11H,1-3H3,(H,23,28)(H2,22,24,25,27). The van der Waals surface area contributed by atoms with Crippen molar-refractivity contribution in [1.82, 2.24) is 25.1 Å². The maximum absolute atomic E-state index is 12.7. The molecule has 3 N–H and O–H groups in total. The molecular formula is C20H20N6O3. The van der Waals surface area contributed by atoms with Crippen LogP contribution in [0.2, 0.25) is 0 Å². The fourth-order valence-electron chi connectivity index (χ4n) is 2.99. The van der Waals surface area contributed by atoms with E-state index in [1.54, 1.807) is 23.9 Å². The van der Waals surface area contributed by atoms with Crippen LogP contribution in [0.15, 0.2) is 53.3 Å². The smallest absolute Gasteiger partial charge is 0.287 e. The third kappa shape index (κ3) is 3.62. The number of aromatic amines is 1. The number of fused-ring (bicyclic) bond motifs is 1. The van der Waals surface area contributed by atoms with Crippen LogP contribution in [0.5, 0.6) is 0 Å². The molecule has 0 aliphatic rings. The van der Waals surface area contributed by atoms with Crippen molar-refractivity contribution in [2.24, 2.45) is 7.05 Å². The van der Waals surface area contributed by atoms with Crippen molar-refractivity contribution in [2.75, 3.05) is 5.32 Å². The van der Waals surface area contributed by atoms with Crippen LogP contribution in [0.4, 0.5) is 5.82 Å². The molecule has 9 nitrogen and oxygen atoms in total. The van der Waals surface area contributed by atoms with Gasteiger partial charge in [-0.3, -0.25) is 14.7 Å². The molecule has 0 unspecified atom stereocenters. The van der Waals surface area contributed by atoms with E-state index in [0.29, 0.717) is 5.52 Å². The fraction of sp³-hybridized carbons (Fsp3) is 0.200. The molecule has 0 radical (unpaired) electrons. The number of H-pyrrole nitrogens is 1. The van der Waals surface area contributed by atoms with Crippen LogP contribution in [0.25, 0.3) is 11.1 Å². The number of hydrogen-bond donors (Lipinski definition) is 3. The second-order valence-corrected chi connectivity index (χ2v) is 7.25. The van der Waals surface area contributed by atoms with Gasteiger partial charge in [0.25, 0.3) is 11.8 Å². The van der Waals surface area contributed by atoms with E-state index in [0.717, 1.165) is 5.56 Å². The third-order valence-electron chi connectivity index (χ3n) is 4.55. The molecule has 9 heteroatoms. The van der Waals surface area contributed by atoms with Crippen molar-refractivity contribution in [2.45, 2.75) is 19.4 Å². The third-order valence-corrected chi connectivity index (χ3v) is 4.55. The minimum atomic E-state index is -0.590. The minimum Gasteiger partial charge on any atom is -0.445 e. The lowest BCUT2D eigenvalue weighted by Crippen LogP contribution is -2.40. The zero-order chi connectivity index (χ0) is 20.6. The van der Waals surface area contributed by atoms with Gasteiger partial charge in [0.15, 0.2) is 17.2 Å². The van der Waals surface area contributed by atoms with Crippen molar-refractivity contribution in [3.63, 3.8) is 0 Å². The quantitative estimate of drug-likeness (QED) is 0.483. The highest BCUT2D eigenvalue weighted by atomic mass is 16.3. The first-order valence-electron chi connectivity index (χ1n) is 8.99. The average molecular weight is 392 g/mol. The Labute approximate surface area is 166 Å². The average Bonchev–Trinajstić information content (AvgIpc) is 3.39. The molecule has 3 aromatic heterocycles. The van der Waals surface area contributed by atoms with E-state index < -0.39 is 11.4 Å². The molecule has 4 rings (SSSR count). The molecule has 0 saturated carbocycles. The first-order valence-corrected chi connectivity index (χ1v) is 8.99. The number of carbonyl (C=O) groups is 2. The van der Waals surface area contributed by atoms with Crippen molar-refractivity contribution in [1.29, 1.82) is 0 Å². The zero-order valence-corrected chi connectivity index (χ0v) is 16.2. The monoisotopic (exact) mass is 392 g/mol. The summed E-state index contributed by atoms with van der Waals surface area (Å²) in [5, 5.41) is 12.4. The van der Waals surface area contributed by atoms with E-state index in [2.05, 4.69) is 25.8 Å². The summed E-state index contributed by atoms with van der Waals surface area (Å²) in [6.07, 6.45) is 3.12. The lowest BCUT2D eigenvalue weighted by atomic mass is 9.94. The van der Waals surface area contributed by atoms with E-state index >= 15 is 0 Å². The molecule has 0 aliphatic carbocycles. The van der Waals surface area contributed by atoms with Crippen LogP contribution >= 0.6 is 0 Å². The molecule has 4 aromatic rings. The molecule has 0 atom stereocenters. The van der Waals surface area contributed by atoms with Crippen molar-refractivity contribution < 1.29 is 14.0 Å². The molecule has 29 heavy (non-hydrogen) atoms. The molecule has 0 aliphatic heterocycles. The zero-order valence-electron chi connectivity index (χ0n) is 16.2. The van der Waals surface area contributed by atoms with E-state index in [-0.39, 0.29) is 28.8 Å². The van der Waals surface area contributed by atoms with Gasteiger partial charge in [-0.25, -0.2) is 4.98 Å². The van der Waals surface area contributed by atoms with Crippen LogP contribution in [-0.4, -0.2) is 31.6 Å². The van der Waals surface area contributed by atoms with Gasteiger partial charge in [0.2, 0.25) is 0 Å². The number of carbonyl (C=O) groups excluding carboxylic acids is 2. The van der Waals surface area contributed by atoms with Crippen LogP contribution in [0, 0.1) is 0 Å². The molecule has 3 heterocycles. The lowest BCUT2D eigenvalue weighted by molar-refractivity contribution is 0.0885. The Bertz CT molecular complexity index is 1190. The highest BCUT2D eigenvalue weighted by molar-refractivity contribution is 6.06. The number of imidazole rings is 1. The van der Waals surface area contributed by atoms with Gasteiger partial charge in [0.05, 0.1) is 11.9 Å². The summed E-state index contributed by atoms with van der Waals surface area (Å²) in [7, 11) is 1.77. The number of aryl methyl sites for hydroxylation is 1. The Hall–Kier alpha value is -3.88. The minimum absolute atomic E-state index is 0.117. The van der Waals surface area contributed by atoms with E-state index in [1.807, 2.05) is 44.2 Å². The SMILES string of the molecule is Cn1cnc(C(=O)Nc2n[nH]c3cc(C(=O)NC(C)(C)c4ccccc4)oc23)c1. The summed E-state index contributed by atoms with van der Waals surface area (Å²) >= 11 is 0. The number of nitrogens with zero attached hydrogens (tertiary/aromatic N) is 3. The maximum atomic E-state index is 12.7. The Morgan fingerprint density at radius 1 is 1.17 bits per heavy atom. The predicted molar refractivity (Wildman–Crippen MR) is 106 cm³/mol. The first-order chi connectivity index (χ1) is 13.8. The summed E-state index contributed by atoms with van der Waals surface area (Å²) in [6.45, 7) is 3.82. The Morgan fingerprint density at radius 3 is 2.62 bits per heavy atom. The van der Waals surface area contributed by atoms with Gasteiger partial charge in [-0.1, -0.05) is 30.3 Å². The number of rotatable bonds is 5. The topological polar surface area (TPSA) is 118 Å². The van der Waals surface area contributed by atoms with E-state index in [9.17, 15) is 9.59 Å². The van der Waals surface area contributed by atoms with Crippen molar-refractivity contribution >= 4 is 28.7 Å². The highest BCUT2D eigenvalue weighted by Gasteiger charge is 2.26. The summed E-state index contributed by atoms with van der Waals surface area (Å²) in [6, 6.07) is 11.2. The van der Waals surface area contributed by atoms with Crippen LogP contribution in [0.1, 0.15) is 40.5 Å². The number of nitrogens with one attached hydrogen (secondary N) is 3. The Morgan fingerprint density at radius 2 is 1.93 bits per heavy atom. The summed E-state index contributed by atoms with van der Waals surface area (Å²) in [5.41, 5.74) is 1.42. The number of benzene rings is 1. The number of hydrogen-bond acceptors (Lipinski definition) is 5. The van der Waals surface area contributed by atoms with Gasteiger partial charge in [-0.15, -0.1) is 0 Å². The molecule has 0 bridgehead atoms. The van der Waals surface area contributed by atoms with Gasteiger partial charge in [-0.2, -0.15) is 5.10 Å². The lowest BCUT2D eigenvalue weighted by Gasteiger charge is -2.26. The van der Waals surface area contributed by atoms with Crippen LogP contribution in [0.3, 0.4) is 0 Å². The Kier molecular flexibility index (Phi) is 4.42. The summed E-state index contributed by atoms with van der Waals surface area (Å²) in [4.78, 5) is 29.0. The second kappa shape index (κ2) is 6.93. The van der Waals surface area contributed by atoms with Gasteiger partial charge >= 0.3 is 0 Å². The van der Waals surface area contributed by atoms with Crippen molar-refractivity contribution in [3.05, 3.63) is 65.9 Å². The van der Waals surface area contributed by atoms with E-state index in [1.165, 1.54) is 6.33 Å². The molecule has 0 spiro atoms. The molecule has 0 fully saturated rings.